The van der Waals surface area contributed by atoms with Crippen LogP contribution >= 0.6 is 15.9 Å². The van der Waals surface area contributed by atoms with Crippen LogP contribution in [0.15, 0.2) is 41.1 Å². The lowest BCUT2D eigenvalue weighted by atomic mass is 10.2. The zero-order valence-corrected chi connectivity index (χ0v) is 19.7. The number of rotatable bonds is 6. The first-order valence-corrected chi connectivity index (χ1v) is 11.5. The van der Waals surface area contributed by atoms with Crippen molar-refractivity contribution in [1.82, 2.24) is 19.8 Å². The highest BCUT2D eigenvalue weighted by Crippen LogP contribution is 2.21. The summed E-state index contributed by atoms with van der Waals surface area (Å²) in [6, 6.07) is 7.98. The first kappa shape index (κ1) is 21.8. The van der Waals surface area contributed by atoms with Gasteiger partial charge in [-0.15, -0.1) is 0 Å². The van der Waals surface area contributed by atoms with Crippen LogP contribution in [0.2, 0.25) is 0 Å². The third kappa shape index (κ3) is 5.27. The molecule has 0 unspecified atom stereocenters. The Bertz CT molecular complexity index is 871. The number of pyridine rings is 2. The van der Waals surface area contributed by atoms with E-state index >= 15 is 0 Å². The van der Waals surface area contributed by atoms with E-state index in [2.05, 4.69) is 40.6 Å². The second kappa shape index (κ2) is 9.82. The number of halogens is 1. The largest absolute Gasteiger partial charge is 0.491 e. The molecule has 1 amide bonds. The number of hydrogen-bond donors (Lipinski definition) is 0. The molecule has 0 bridgehead atoms. The number of carbonyl (C=O) groups is 1. The normalized spacial score (nSPS) is 20.3. The Morgan fingerprint density at radius 1 is 0.968 bits per heavy atom. The number of hydrogen-bond acceptors (Lipinski definition) is 7. The predicted molar refractivity (Wildman–Crippen MR) is 125 cm³/mol. The molecule has 2 aromatic rings. The number of nitrogens with zero attached hydrogens (tertiary/aromatic N) is 6. The van der Waals surface area contributed by atoms with Gasteiger partial charge in [0.15, 0.2) is 0 Å². The second-order valence-electron chi connectivity index (χ2n) is 7.98. The number of amides is 1. The third-order valence-corrected chi connectivity index (χ3v) is 6.48. The van der Waals surface area contributed by atoms with Crippen molar-refractivity contribution in [3.63, 3.8) is 0 Å². The number of anilines is 2. The summed E-state index contributed by atoms with van der Waals surface area (Å²) in [5, 5.41) is 0. The molecule has 0 radical (unpaired) electrons. The fourth-order valence-electron chi connectivity index (χ4n) is 4.01. The molecule has 2 aliphatic heterocycles. The molecule has 0 aromatic carbocycles. The average molecular weight is 489 g/mol. The van der Waals surface area contributed by atoms with E-state index in [9.17, 15) is 4.79 Å². The second-order valence-corrected chi connectivity index (χ2v) is 8.90. The SMILES string of the molecule is C[C@@H]1C(=O)N(C)CCN1CCOc1ccc(N2CCN(c3ccc(Br)cn3)CC2)nc1. The summed E-state index contributed by atoms with van der Waals surface area (Å²) in [5.74, 6) is 2.91. The number of aromatic nitrogens is 2. The van der Waals surface area contributed by atoms with Gasteiger partial charge in [-0.25, -0.2) is 9.97 Å². The molecular formula is C22H29BrN6O2. The number of ether oxygens (including phenoxy) is 1. The van der Waals surface area contributed by atoms with Crippen LogP contribution in [0.3, 0.4) is 0 Å². The zero-order valence-electron chi connectivity index (χ0n) is 18.1. The highest BCUT2D eigenvalue weighted by atomic mass is 79.9. The van der Waals surface area contributed by atoms with Crippen LogP contribution in [0, 0.1) is 0 Å². The Hall–Kier alpha value is -2.39. The Balaban J connectivity index is 1.23. The standard InChI is InChI=1S/C22H29BrN6O2/c1-17-22(30)26(2)7-8-27(17)13-14-31-19-4-6-21(25-16-19)29-11-9-28(10-12-29)20-5-3-18(23)15-24-20/h3-6,15-17H,7-14H2,1-2H3/t17-/m1/s1. The molecule has 8 nitrogen and oxygen atoms in total. The number of likely N-dealkylation sites (N-methyl/N-ethyl adjacent to an activating group) is 1. The molecule has 2 aromatic heterocycles. The van der Waals surface area contributed by atoms with Crippen LogP contribution in [-0.4, -0.2) is 91.2 Å². The van der Waals surface area contributed by atoms with Crippen molar-refractivity contribution in [2.24, 2.45) is 0 Å². The van der Waals surface area contributed by atoms with Gasteiger partial charge in [-0.3, -0.25) is 9.69 Å². The van der Waals surface area contributed by atoms with Gasteiger partial charge in [-0.1, -0.05) is 0 Å². The van der Waals surface area contributed by atoms with E-state index in [1.54, 1.807) is 11.1 Å². The average Bonchev–Trinajstić information content (AvgIpc) is 2.80. The molecule has 31 heavy (non-hydrogen) atoms. The van der Waals surface area contributed by atoms with Gasteiger partial charge < -0.3 is 19.4 Å². The molecule has 0 N–H and O–H groups in total. The summed E-state index contributed by atoms with van der Waals surface area (Å²) in [5.41, 5.74) is 0. The maximum Gasteiger partial charge on any atom is 0.239 e. The van der Waals surface area contributed by atoms with E-state index in [0.717, 1.165) is 67.7 Å². The van der Waals surface area contributed by atoms with Gasteiger partial charge >= 0.3 is 0 Å². The Morgan fingerprint density at radius 3 is 2.19 bits per heavy atom. The Morgan fingerprint density at radius 2 is 1.61 bits per heavy atom. The van der Waals surface area contributed by atoms with Gasteiger partial charge in [0.2, 0.25) is 5.91 Å². The van der Waals surface area contributed by atoms with Gasteiger partial charge in [0.25, 0.3) is 0 Å². The van der Waals surface area contributed by atoms with Crippen LogP contribution in [0.5, 0.6) is 5.75 Å². The smallest absolute Gasteiger partial charge is 0.239 e. The molecule has 2 aliphatic rings. The third-order valence-electron chi connectivity index (χ3n) is 6.01. The van der Waals surface area contributed by atoms with Crippen LogP contribution in [0.25, 0.3) is 0 Å². The zero-order chi connectivity index (χ0) is 21.8. The fraction of sp³-hybridized carbons (Fsp3) is 0.500. The van der Waals surface area contributed by atoms with E-state index in [-0.39, 0.29) is 11.9 Å². The molecule has 0 aliphatic carbocycles. The van der Waals surface area contributed by atoms with Gasteiger partial charge in [0.1, 0.15) is 24.0 Å². The van der Waals surface area contributed by atoms with Crippen LogP contribution in [0.4, 0.5) is 11.6 Å². The van der Waals surface area contributed by atoms with Crippen molar-refractivity contribution in [3.8, 4) is 5.75 Å². The Kier molecular flexibility index (Phi) is 6.92. The highest BCUT2D eigenvalue weighted by molar-refractivity contribution is 9.10. The summed E-state index contributed by atoms with van der Waals surface area (Å²) in [4.78, 5) is 29.7. The topological polar surface area (TPSA) is 65.0 Å². The molecule has 0 spiro atoms. The monoisotopic (exact) mass is 488 g/mol. The number of carbonyl (C=O) groups excluding carboxylic acids is 1. The molecule has 166 valence electrons. The molecule has 0 saturated carbocycles. The van der Waals surface area contributed by atoms with Crippen molar-refractivity contribution in [3.05, 3.63) is 41.1 Å². The summed E-state index contributed by atoms with van der Waals surface area (Å²) in [7, 11) is 1.86. The highest BCUT2D eigenvalue weighted by Gasteiger charge is 2.28. The van der Waals surface area contributed by atoms with Crippen LogP contribution < -0.4 is 14.5 Å². The van der Waals surface area contributed by atoms with Gasteiger partial charge in [0, 0.05) is 63.5 Å². The minimum atomic E-state index is -0.0888. The summed E-state index contributed by atoms with van der Waals surface area (Å²) >= 11 is 3.43. The predicted octanol–water partition coefficient (Wildman–Crippen LogP) is 2.11. The molecule has 9 heteroatoms. The summed E-state index contributed by atoms with van der Waals surface area (Å²) < 4.78 is 6.87. The van der Waals surface area contributed by atoms with Crippen molar-refractivity contribution in [2.45, 2.75) is 13.0 Å². The molecule has 2 saturated heterocycles. The molecule has 4 heterocycles. The van der Waals surface area contributed by atoms with E-state index in [1.165, 1.54) is 0 Å². The first-order chi connectivity index (χ1) is 15.0. The molecule has 2 fully saturated rings. The minimum Gasteiger partial charge on any atom is -0.491 e. The molecule has 4 rings (SSSR count). The van der Waals surface area contributed by atoms with Crippen molar-refractivity contribution >= 4 is 33.5 Å². The van der Waals surface area contributed by atoms with E-state index in [1.807, 2.05) is 44.4 Å². The first-order valence-electron chi connectivity index (χ1n) is 10.7. The fourth-order valence-corrected chi connectivity index (χ4v) is 4.24. The summed E-state index contributed by atoms with van der Waals surface area (Å²) in [6.45, 7) is 8.51. The Labute approximate surface area is 191 Å². The lowest BCUT2D eigenvalue weighted by Gasteiger charge is -2.37. The quantitative estimate of drug-likeness (QED) is 0.616. The van der Waals surface area contributed by atoms with E-state index in [4.69, 9.17) is 4.74 Å². The van der Waals surface area contributed by atoms with Crippen molar-refractivity contribution in [1.29, 1.82) is 0 Å². The maximum atomic E-state index is 12.1. The van der Waals surface area contributed by atoms with Gasteiger partial charge in [0.05, 0.1) is 12.2 Å². The van der Waals surface area contributed by atoms with E-state index < -0.39 is 0 Å². The molecule has 1 atom stereocenters. The van der Waals surface area contributed by atoms with Crippen molar-refractivity contribution < 1.29 is 9.53 Å². The van der Waals surface area contributed by atoms with Crippen LogP contribution in [-0.2, 0) is 4.79 Å². The van der Waals surface area contributed by atoms with Crippen molar-refractivity contribution in [2.75, 3.05) is 69.3 Å². The lowest BCUT2D eigenvalue weighted by molar-refractivity contribution is -0.139. The lowest BCUT2D eigenvalue weighted by Crippen LogP contribution is -2.55. The van der Waals surface area contributed by atoms with Gasteiger partial charge in [-0.2, -0.15) is 0 Å². The minimum absolute atomic E-state index is 0.0888. The maximum absolute atomic E-state index is 12.1. The number of piperazine rings is 2. The van der Waals surface area contributed by atoms with Gasteiger partial charge in [-0.05, 0) is 47.1 Å². The van der Waals surface area contributed by atoms with E-state index in [0.29, 0.717) is 6.61 Å². The molecular weight excluding hydrogens is 460 g/mol. The summed E-state index contributed by atoms with van der Waals surface area (Å²) in [6.07, 6.45) is 3.63. The van der Waals surface area contributed by atoms with Crippen LogP contribution in [0.1, 0.15) is 6.92 Å².